The van der Waals surface area contributed by atoms with Crippen molar-refractivity contribution in [3.8, 4) is 0 Å². The van der Waals surface area contributed by atoms with E-state index in [1.807, 2.05) is 0 Å². The fourth-order valence-electron chi connectivity index (χ4n) is 5.92. The highest BCUT2D eigenvalue weighted by atomic mass is 32.3. The van der Waals surface area contributed by atoms with Gasteiger partial charge in [0, 0.05) is 12.8 Å². The smallest absolute Gasteiger partial charge is 0.306 e. The van der Waals surface area contributed by atoms with Crippen LogP contribution < -0.4 is 0 Å². The van der Waals surface area contributed by atoms with Crippen molar-refractivity contribution in [3.63, 3.8) is 0 Å². The monoisotopic (exact) mass is 774 g/mol. The van der Waals surface area contributed by atoms with Crippen LogP contribution in [0.3, 0.4) is 0 Å². The van der Waals surface area contributed by atoms with Gasteiger partial charge in [-0.25, -0.2) is 8.42 Å². The summed E-state index contributed by atoms with van der Waals surface area (Å²) in [6.45, 7) is 5.31. The van der Waals surface area contributed by atoms with E-state index >= 15 is 0 Å². The fourth-order valence-corrected chi connectivity index (χ4v) is 5.92. The molecule has 0 aromatic heterocycles. The normalized spacial score (nSPS) is 12.6. The second-order valence-electron chi connectivity index (χ2n) is 15.5. The number of unbranched alkanes of at least 4 members (excludes halogenated alkanes) is 22. The summed E-state index contributed by atoms with van der Waals surface area (Å²) >= 11 is 0. The van der Waals surface area contributed by atoms with Gasteiger partial charge in [0.1, 0.15) is 13.2 Å². The van der Waals surface area contributed by atoms with Crippen LogP contribution in [-0.4, -0.2) is 76.9 Å². The van der Waals surface area contributed by atoms with Gasteiger partial charge in [-0.1, -0.05) is 141 Å². The van der Waals surface area contributed by atoms with Gasteiger partial charge in [0.2, 0.25) is 10.4 Å². The lowest BCUT2D eigenvalue weighted by molar-refractivity contribution is -0.873. The molecule has 0 unspecified atom stereocenters. The Bertz CT molecular complexity index is 991. The van der Waals surface area contributed by atoms with Gasteiger partial charge in [-0.3, -0.25) is 13.8 Å². The van der Waals surface area contributed by atoms with E-state index in [-0.39, 0.29) is 18.5 Å². The quantitative estimate of drug-likeness (QED) is 0.0154. The first-order chi connectivity index (χ1) is 25.3. The van der Waals surface area contributed by atoms with E-state index in [9.17, 15) is 22.6 Å². The Hall–Kier alpha value is -1.75. The van der Waals surface area contributed by atoms with Crippen molar-refractivity contribution in [1.29, 1.82) is 0 Å². The molecule has 0 fully saturated rings. The Balaban J connectivity index is 0. The van der Waals surface area contributed by atoms with Crippen LogP contribution in [0.25, 0.3) is 0 Å². The molecule has 0 aromatic rings. The number of rotatable bonds is 36. The second-order valence-corrected chi connectivity index (χ2v) is 16.7. The van der Waals surface area contributed by atoms with Crippen LogP contribution in [0.1, 0.15) is 194 Å². The van der Waals surface area contributed by atoms with Crippen molar-refractivity contribution < 1.29 is 40.7 Å². The molecule has 0 radical (unpaired) electrons. The maximum absolute atomic E-state index is 12.6. The van der Waals surface area contributed by atoms with Gasteiger partial charge in [0.15, 0.2) is 6.10 Å². The Morgan fingerprint density at radius 3 is 1.23 bits per heavy atom. The number of hydrogen-bond donors (Lipinski definition) is 0. The molecule has 0 aliphatic rings. The van der Waals surface area contributed by atoms with Gasteiger partial charge in [0.25, 0.3) is 0 Å². The third kappa shape index (κ3) is 48.2. The zero-order valence-corrected chi connectivity index (χ0v) is 36.0. The van der Waals surface area contributed by atoms with Crippen LogP contribution in [-0.2, 0) is 33.6 Å². The minimum Gasteiger partial charge on any atom is -0.726 e. The Labute approximate surface area is 327 Å². The van der Waals surface area contributed by atoms with Crippen LogP contribution in [0.2, 0.25) is 0 Å². The van der Waals surface area contributed by atoms with Crippen molar-refractivity contribution in [1.82, 2.24) is 0 Å². The van der Waals surface area contributed by atoms with E-state index in [4.69, 9.17) is 9.47 Å². The summed E-state index contributed by atoms with van der Waals surface area (Å²) in [4.78, 5) is 24.9. The van der Waals surface area contributed by atoms with Crippen LogP contribution >= 0.6 is 0 Å². The zero-order valence-electron chi connectivity index (χ0n) is 35.2. The Morgan fingerprint density at radius 1 is 0.566 bits per heavy atom. The van der Waals surface area contributed by atoms with Gasteiger partial charge in [-0.2, -0.15) is 0 Å². The molecule has 53 heavy (non-hydrogen) atoms. The Kier molecular flexibility index (Phi) is 38.8. The van der Waals surface area contributed by atoms with E-state index in [0.29, 0.717) is 23.9 Å². The van der Waals surface area contributed by atoms with Crippen LogP contribution in [0.15, 0.2) is 24.3 Å². The first kappa shape index (κ1) is 53.4. The van der Waals surface area contributed by atoms with Gasteiger partial charge >= 0.3 is 11.9 Å². The molecule has 0 aliphatic carbocycles. The number of carbonyl (C=O) groups is 2. The van der Waals surface area contributed by atoms with Crippen LogP contribution in [0.5, 0.6) is 0 Å². The molecule has 9 nitrogen and oxygen atoms in total. The predicted molar refractivity (Wildman–Crippen MR) is 219 cm³/mol. The number of quaternary nitrogens is 1. The van der Waals surface area contributed by atoms with Gasteiger partial charge < -0.3 is 18.5 Å². The Morgan fingerprint density at radius 2 is 0.887 bits per heavy atom. The van der Waals surface area contributed by atoms with Crippen molar-refractivity contribution in [2.45, 2.75) is 200 Å². The summed E-state index contributed by atoms with van der Waals surface area (Å²) < 4.78 is 43.0. The summed E-state index contributed by atoms with van der Waals surface area (Å²) in [5.74, 6) is -0.350. The molecule has 314 valence electrons. The third-order valence-electron chi connectivity index (χ3n) is 8.97. The number of esters is 2. The molecule has 0 rings (SSSR count). The molecule has 0 saturated carbocycles. The van der Waals surface area contributed by atoms with Crippen molar-refractivity contribution in [3.05, 3.63) is 24.3 Å². The number of ether oxygens (including phenoxy) is 2. The second kappa shape index (κ2) is 38.5. The molecular formula is C43H83NO8S. The number of nitrogens with zero attached hydrogens (tertiary/aromatic N) is 1. The van der Waals surface area contributed by atoms with E-state index in [2.05, 4.69) is 63.5 Å². The van der Waals surface area contributed by atoms with Crippen molar-refractivity contribution in [2.24, 2.45) is 0 Å². The highest BCUT2D eigenvalue weighted by Gasteiger charge is 2.23. The van der Waals surface area contributed by atoms with Gasteiger partial charge in [-0.15, -0.1) is 0 Å². The molecule has 0 aliphatic heterocycles. The van der Waals surface area contributed by atoms with E-state index in [0.717, 1.165) is 45.6 Å². The molecule has 10 heteroatoms. The molecule has 1 atom stereocenters. The average molecular weight is 774 g/mol. The largest absolute Gasteiger partial charge is 0.726 e. The first-order valence-electron chi connectivity index (χ1n) is 21.3. The summed E-state index contributed by atoms with van der Waals surface area (Å²) in [6.07, 6.45) is 42.1. The standard InChI is InChI=1S/C42H80NO4.CH4O4S/c1-6-8-10-12-14-16-18-20-22-24-26-28-30-32-34-36-41(44)46-39-40(38-43(3,4)5)47-42(45)37-35-33-31-29-27-25-23-21-19-17-15-13-11-9-7-2;1-5-6(2,3)4/h20-23,40H,6-19,24-39H2,1-5H3;1H3,(H,2,3,4)/q+1;/p-1/b22-20-,23-21-;/t40-;/m0./s1. The molecule has 0 saturated heterocycles. The third-order valence-corrected chi connectivity index (χ3v) is 9.38. The lowest BCUT2D eigenvalue weighted by Crippen LogP contribution is -2.45. The van der Waals surface area contributed by atoms with E-state index in [1.54, 1.807) is 0 Å². The van der Waals surface area contributed by atoms with E-state index < -0.39 is 16.5 Å². The minimum absolute atomic E-state index is 0.150. The summed E-state index contributed by atoms with van der Waals surface area (Å²) in [7, 11) is 2.60. The zero-order chi connectivity index (χ0) is 39.9. The number of allylic oxidation sites excluding steroid dienone is 4. The molecule has 0 heterocycles. The summed E-state index contributed by atoms with van der Waals surface area (Å²) in [5.41, 5.74) is 0. The molecule has 0 bridgehead atoms. The first-order valence-corrected chi connectivity index (χ1v) is 22.6. The molecular weight excluding hydrogens is 691 g/mol. The van der Waals surface area contributed by atoms with Gasteiger partial charge in [0.05, 0.1) is 28.3 Å². The van der Waals surface area contributed by atoms with Crippen LogP contribution in [0, 0.1) is 0 Å². The minimum atomic E-state index is -4.41. The lowest BCUT2D eigenvalue weighted by atomic mass is 10.1. The van der Waals surface area contributed by atoms with Crippen molar-refractivity contribution in [2.75, 3.05) is 41.4 Å². The summed E-state index contributed by atoms with van der Waals surface area (Å²) in [5, 5.41) is 0. The number of carbonyl (C=O) groups excluding carboxylic acids is 2. The highest BCUT2D eigenvalue weighted by molar-refractivity contribution is 7.80. The SMILES string of the molecule is CCCCCCCC/C=C\CCCCCCCC(=O)OC[C@H](C[N+](C)(C)C)OC(=O)CCCCCCC/C=C\CCCCCCCC.COS(=O)(=O)[O-]. The van der Waals surface area contributed by atoms with Crippen LogP contribution in [0.4, 0.5) is 0 Å². The van der Waals surface area contributed by atoms with Gasteiger partial charge in [-0.05, 0) is 64.2 Å². The number of hydrogen-bond acceptors (Lipinski definition) is 8. The molecule has 0 spiro atoms. The summed E-state index contributed by atoms with van der Waals surface area (Å²) in [6, 6.07) is 0. The maximum atomic E-state index is 12.6. The molecule has 0 aromatic carbocycles. The number of likely N-dealkylation sites (N-methyl/N-ethyl adjacent to an activating group) is 1. The van der Waals surface area contributed by atoms with Crippen molar-refractivity contribution >= 4 is 22.3 Å². The maximum Gasteiger partial charge on any atom is 0.306 e. The highest BCUT2D eigenvalue weighted by Crippen LogP contribution is 2.13. The van der Waals surface area contributed by atoms with E-state index in [1.165, 1.54) is 128 Å². The fraction of sp³-hybridized carbons (Fsp3) is 0.860. The molecule has 0 N–H and O–H groups in total. The molecule has 0 amide bonds. The average Bonchev–Trinajstić information content (AvgIpc) is 3.10. The predicted octanol–water partition coefficient (Wildman–Crippen LogP) is 11.3. The lowest BCUT2D eigenvalue weighted by Gasteiger charge is -2.28. The topological polar surface area (TPSA) is 119 Å².